The number of benzene rings is 4. The molecule has 12 heteroatoms. The van der Waals surface area contributed by atoms with Gasteiger partial charge in [-0.3, -0.25) is 0 Å². The van der Waals surface area contributed by atoms with Crippen LogP contribution in [0.5, 0.6) is 11.5 Å². The molecular weight excluding hydrogens is 1070 g/mol. The van der Waals surface area contributed by atoms with Gasteiger partial charge in [-0.25, -0.2) is 9.97 Å². The van der Waals surface area contributed by atoms with Crippen molar-refractivity contribution in [3.63, 3.8) is 0 Å². The predicted molar refractivity (Wildman–Crippen MR) is 312 cm³/mol. The van der Waals surface area contributed by atoms with Crippen molar-refractivity contribution in [1.82, 2.24) is 19.9 Å². The van der Waals surface area contributed by atoms with Gasteiger partial charge in [0.2, 0.25) is 0 Å². The molecule has 7 aromatic rings. The molecule has 0 saturated carbocycles. The fraction of sp³-hybridized carbons (Fsp3) is 0.312. The maximum atomic E-state index is 6.31. The zero-order chi connectivity index (χ0) is 51.7. The van der Waals surface area contributed by atoms with Crippen LogP contribution in [-0.2, 0) is 0 Å². The number of aromatic nitrogens is 4. The number of anilines is 2. The van der Waals surface area contributed by atoms with Gasteiger partial charge in [0.05, 0.1) is 90.4 Å². The quantitative estimate of drug-likeness (QED) is 0.0546. The summed E-state index contributed by atoms with van der Waals surface area (Å²) in [5, 5.41) is 0. The van der Waals surface area contributed by atoms with Crippen LogP contribution in [-0.4, -0.2) is 124 Å². The van der Waals surface area contributed by atoms with E-state index in [2.05, 4.69) is 234 Å². The fourth-order valence-electron chi connectivity index (χ4n) is 10.4. The van der Waals surface area contributed by atoms with Crippen LogP contribution in [0.25, 0.3) is 68.6 Å². The fourth-order valence-corrected chi connectivity index (χ4v) is 10.4. The standard InChI is InChI=1S/C64H76N8O2.2BrH/c1-47-17-9-11-19-61(47)69(3)37-13-39-71(5,6)41-15-43-73-55-29-21-49(22-30-55)63-57-33-25-51(65-57)45-53-27-35-59(67-53)64(60-36-28-54(68-60)46-52-26-34-58(63)66-52)50-23-31-56(32-24-50)74-44-16-42-72(7,8)40-14-38-70(4)62-20-12-10-18-48(62)2;;/h9-12,17-36,45-46,65,68H,13-16,37-44H2,1-8H3;2*1H/q+2;;/p-2. The first-order chi connectivity index (χ1) is 35.8. The summed E-state index contributed by atoms with van der Waals surface area (Å²) in [7, 11) is 13.7. The number of fused-ring (bicyclic) bond motifs is 8. The number of para-hydroxylation sites is 2. The van der Waals surface area contributed by atoms with E-state index < -0.39 is 0 Å². The van der Waals surface area contributed by atoms with Gasteiger partial charge < -0.3 is 72.2 Å². The van der Waals surface area contributed by atoms with Gasteiger partial charge in [-0.2, -0.15) is 0 Å². The number of aromatic amines is 2. The Hall–Kier alpha value is -6.44. The molecule has 0 spiro atoms. The Morgan fingerprint density at radius 1 is 0.461 bits per heavy atom. The van der Waals surface area contributed by atoms with Crippen molar-refractivity contribution in [1.29, 1.82) is 0 Å². The number of rotatable bonds is 22. The van der Waals surface area contributed by atoms with E-state index in [1.165, 1.54) is 22.5 Å². The normalized spacial score (nSPS) is 12.0. The molecule has 0 saturated heterocycles. The lowest BCUT2D eigenvalue weighted by Crippen LogP contribution is -3.00. The van der Waals surface area contributed by atoms with Gasteiger partial charge in [0.1, 0.15) is 11.5 Å². The van der Waals surface area contributed by atoms with Crippen molar-refractivity contribution in [2.75, 3.05) is 105 Å². The van der Waals surface area contributed by atoms with Crippen LogP contribution < -0.4 is 53.2 Å². The summed E-state index contributed by atoms with van der Waals surface area (Å²) in [5.41, 5.74) is 16.9. The molecule has 8 bridgehead atoms. The minimum absolute atomic E-state index is 0. The summed E-state index contributed by atoms with van der Waals surface area (Å²) >= 11 is 0. The monoisotopic (exact) mass is 1150 g/mol. The van der Waals surface area contributed by atoms with Crippen molar-refractivity contribution in [2.24, 2.45) is 0 Å². The molecule has 0 radical (unpaired) electrons. The van der Waals surface area contributed by atoms with Crippen molar-refractivity contribution < 1.29 is 52.4 Å². The van der Waals surface area contributed by atoms with Crippen molar-refractivity contribution >= 4 is 57.7 Å². The first-order valence-electron chi connectivity index (χ1n) is 26.5. The summed E-state index contributed by atoms with van der Waals surface area (Å²) in [6.45, 7) is 12.1. The average Bonchev–Trinajstić information content (AvgIpc) is 4.24. The minimum Gasteiger partial charge on any atom is -1.00 e. The lowest BCUT2D eigenvalue weighted by Gasteiger charge is -2.31. The van der Waals surface area contributed by atoms with Gasteiger partial charge in [0.15, 0.2) is 0 Å². The average molecular weight is 1150 g/mol. The number of H-pyrrole nitrogens is 2. The molecule has 398 valence electrons. The molecule has 9 rings (SSSR count). The van der Waals surface area contributed by atoms with Gasteiger partial charge in [0, 0.05) is 97.4 Å². The first kappa shape index (κ1) is 57.3. The Balaban J connectivity index is 0.00000420. The number of quaternary nitrogens is 2. The number of aryl methyl sites for hydroxylation is 2. The Bertz CT molecular complexity index is 3050. The van der Waals surface area contributed by atoms with Crippen LogP contribution in [0.2, 0.25) is 0 Å². The second kappa shape index (κ2) is 26.1. The third kappa shape index (κ3) is 14.9. The number of nitrogens with one attached hydrogen (secondary N) is 2. The van der Waals surface area contributed by atoms with E-state index in [1.54, 1.807) is 0 Å². The van der Waals surface area contributed by atoms with E-state index in [0.29, 0.717) is 13.2 Å². The lowest BCUT2D eigenvalue weighted by molar-refractivity contribution is -0.890. The Kier molecular flexibility index (Phi) is 19.6. The number of halogens is 2. The maximum Gasteiger partial charge on any atom is 0.119 e. The highest BCUT2D eigenvalue weighted by Gasteiger charge is 2.19. The topological polar surface area (TPSA) is 82.3 Å². The zero-order valence-corrected chi connectivity index (χ0v) is 48.9. The molecule has 76 heavy (non-hydrogen) atoms. The first-order valence-corrected chi connectivity index (χ1v) is 26.5. The Morgan fingerprint density at radius 3 is 1.24 bits per heavy atom. The van der Waals surface area contributed by atoms with Crippen LogP contribution in [0.15, 0.2) is 133 Å². The molecule has 0 fully saturated rings. The van der Waals surface area contributed by atoms with Gasteiger partial charge in [-0.15, -0.1) is 0 Å². The van der Waals surface area contributed by atoms with E-state index in [1.807, 2.05) is 0 Å². The summed E-state index contributed by atoms with van der Waals surface area (Å²) in [6.07, 6.45) is 12.6. The molecule has 2 aliphatic rings. The molecule has 4 aromatic carbocycles. The molecule has 3 aromatic heterocycles. The maximum absolute atomic E-state index is 6.31. The number of ether oxygens (including phenoxy) is 2. The number of nitrogens with zero attached hydrogens (tertiary/aromatic N) is 6. The minimum atomic E-state index is 0. The molecule has 0 atom stereocenters. The van der Waals surface area contributed by atoms with Crippen LogP contribution >= 0.6 is 0 Å². The lowest BCUT2D eigenvalue weighted by atomic mass is 10.0. The van der Waals surface area contributed by atoms with Crippen molar-refractivity contribution in [2.45, 2.75) is 39.5 Å². The molecule has 10 nitrogen and oxygen atoms in total. The van der Waals surface area contributed by atoms with Crippen LogP contribution in [0.3, 0.4) is 0 Å². The second-order valence-corrected chi connectivity index (χ2v) is 21.5. The summed E-state index contributed by atoms with van der Waals surface area (Å²) < 4.78 is 14.6. The van der Waals surface area contributed by atoms with Crippen LogP contribution in [0.4, 0.5) is 11.4 Å². The Morgan fingerprint density at radius 2 is 0.842 bits per heavy atom. The number of hydrogen-bond acceptors (Lipinski definition) is 6. The highest BCUT2D eigenvalue weighted by Crippen LogP contribution is 2.34. The second-order valence-electron chi connectivity index (χ2n) is 21.5. The Labute approximate surface area is 472 Å². The highest BCUT2D eigenvalue weighted by molar-refractivity contribution is 5.93. The third-order valence-electron chi connectivity index (χ3n) is 14.6. The molecular formula is C64H76Br2N8O2. The van der Waals surface area contributed by atoms with Crippen molar-refractivity contribution in [3.05, 3.63) is 167 Å². The van der Waals surface area contributed by atoms with Gasteiger partial charge in [-0.1, -0.05) is 60.7 Å². The van der Waals surface area contributed by atoms with Crippen molar-refractivity contribution in [3.8, 4) is 33.8 Å². The zero-order valence-electron chi connectivity index (χ0n) is 45.8. The number of hydrogen-bond donors (Lipinski definition) is 2. The van der Waals surface area contributed by atoms with Gasteiger partial charge in [-0.05, 0) is 133 Å². The van der Waals surface area contributed by atoms with E-state index in [9.17, 15) is 0 Å². The van der Waals surface area contributed by atoms with E-state index >= 15 is 0 Å². The third-order valence-corrected chi connectivity index (χ3v) is 14.6. The molecule has 2 N–H and O–H groups in total. The highest BCUT2D eigenvalue weighted by atomic mass is 79.9. The molecule has 5 heterocycles. The summed E-state index contributed by atoms with van der Waals surface area (Å²) in [6, 6.07) is 46.9. The molecule has 2 aliphatic heterocycles. The van der Waals surface area contributed by atoms with Crippen LogP contribution in [0.1, 0.15) is 59.6 Å². The van der Waals surface area contributed by atoms with E-state index in [0.717, 1.165) is 153 Å². The molecule has 0 aliphatic carbocycles. The van der Waals surface area contributed by atoms with Gasteiger partial charge in [0.25, 0.3) is 0 Å². The SMILES string of the molecule is Cc1ccccc1N(C)CCC[N+](C)(C)CCCOc1ccc(-c2c3nc(cc4ccc([nH]4)c(-c4ccc(OCCC[N+](C)(C)CCCN(C)c5ccccc5C)cc4)c4nc(cc5ccc2[nH]5)C=C4)C=C3)cc1.[Br-].[Br-]. The summed E-state index contributed by atoms with van der Waals surface area (Å²) in [4.78, 5) is 22.5. The van der Waals surface area contributed by atoms with Crippen LogP contribution in [0, 0.1) is 13.8 Å². The van der Waals surface area contributed by atoms with E-state index in [-0.39, 0.29) is 34.0 Å². The predicted octanol–water partition coefficient (Wildman–Crippen LogP) is 7.36. The van der Waals surface area contributed by atoms with E-state index in [4.69, 9.17) is 19.4 Å². The molecule has 0 unspecified atom stereocenters. The molecule has 0 amide bonds. The van der Waals surface area contributed by atoms with Gasteiger partial charge >= 0.3 is 0 Å². The largest absolute Gasteiger partial charge is 1.00 e. The smallest absolute Gasteiger partial charge is 0.119 e. The summed E-state index contributed by atoms with van der Waals surface area (Å²) in [5.74, 6) is 1.74.